The van der Waals surface area contributed by atoms with Crippen molar-refractivity contribution >= 4 is 23.3 Å². The number of carbonyl (C=O) groups is 2. The van der Waals surface area contributed by atoms with E-state index in [1.54, 1.807) is 22.9 Å². The van der Waals surface area contributed by atoms with E-state index in [1.807, 2.05) is 69.2 Å². The standard InChI is InChI=1S/C22H24N4O3/c1-15-21(16(2)26(24-15)18-10-6-5-7-11-18)23-20(27)14-29-22(28)17-9-8-12-19(13-17)25(3)4/h5-13H,14H2,1-4H3,(H,23,27). The lowest BCUT2D eigenvalue weighted by atomic mass is 10.2. The third-order valence-corrected chi connectivity index (χ3v) is 4.49. The molecule has 150 valence electrons. The average molecular weight is 392 g/mol. The van der Waals surface area contributed by atoms with Gasteiger partial charge in [0.2, 0.25) is 0 Å². The molecular formula is C22H24N4O3. The van der Waals surface area contributed by atoms with Crippen LogP contribution in [0, 0.1) is 13.8 Å². The van der Waals surface area contributed by atoms with Crippen molar-refractivity contribution in [1.29, 1.82) is 0 Å². The number of carbonyl (C=O) groups excluding carboxylic acids is 2. The van der Waals surface area contributed by atoms with Crippen molar-refractivity contribution < 1.29 is 14.3 Å². The molecule has 0 saturated heterocycles. The second-order valence-corrected chi connectivity index (χ2v) is 6.86. The van der Waals surface area contributed by atoms with E-state index >= 15 is 0 Å². The fourth-order valence-electron chi connectivity index (χ4n) is 2.95. The predicted molar refractivity (Wildman–Crippen MR) is 113 cm³/mol. The highest BCUT2D eigenvalue weighted by Crippen LogP contribution is 2.22. The minimum absolute atomic E-state index is 0.375. The summed E-state index contributed by atoms with van der Waals surface area (Å²) in [6.45, 7) is 3.32. The Morgan fingerprint density at radius 3 is 2.48 bits per heavy atom. The summed E-state index contributed by atoms with van der Waals surface area (Å²) >= 11 is 0. The molecule has 0 unspecified atom stereocenters. The van der Waals surface area contributed by atoms with Crippen LogP contribution in [0.2, 0.25) is 0 Å². The van der Waals surface area contributed by atoms with Gasteiger partial charge in [-0.3, -0.25) is 4.79 Å². The number of anilines is 2. The van der Waals surface area contributed by atoms with Gasteiger partial charge in [0.05, 0.1) is 28.3 Å². The zero-order valence-corrected chi connectivity index (χ0v) is 17.0. The van der Waals surface area contributed by atoms with Crippen LogP contribution in [0.3, 0.4) is 0 Å². The van der Waals surface area contributed by atoms with Crippen LogP contribution < -0.4 is 10.2 Å². The van der Waals surface area contributed by atoms with E-state index in [2.05, 4.69) is 10.4 Å². The van der Waals surface area contributed by atoms with Gasteiger partial charge in [-0.2, -0.15) is 5.10 Å². The van der Waals surface area contributed by atoms with E-state index in [4.69, 9.17) is 4.74 Å². The number of aryl methyl sites for hydroxylation is 1. The first-order chi connectivity index (χ1) is 13.9. The molecule has 0 spiro atoms. The molecule has 2 aromatic carbocycles. The lowest BCUT2D eigenvalue weighted by molar-refractivity contribution is -0.119. The zero-order chi connectivity index (χ0) is 21.0. The smallest absolute Gasteiger partial charge is 0.338 e. The molecule has 1 N–H and O–H groups in total. The van der Waals surface area contributed by atoms with Gasteiger partial charge in [-0.15, -0.1) is 0 Å². The third kappa shape index (κ3) is 4.63. The summed E-state index contributed by atoms with van der Waals surface area (Å²) in [5, 5.41) is 7.29. The van der Waals surface area contributed by atoms with Gasteiger partial charge < -0.3 is 15.0 Å². The van der Waals surface area contributed by atoms with Gasteiger partial charge in [-0.1, -0.05) is 24.3 Å². The van der Waals surface area contributed by atoms with Crippen molar-refractivity contribution in [3.63, 3.8) is 0 Å². The summed E-state index contributed by atoms with van der Waals surface area (Å²) in [6, 6.07) is 16.7. The van der Waals surface area contributed by atoms with Crippen molar-refractivity contribution in [3.8, 4) is 5.69 Å². The largest absolute Gasteiger partial charge is 0.452 e. The Kier molecular flexibility index (Phi) is 5.97. The summed E-state index contributed by atoms with van der Waals surface area (Å²) in [4.78, 5) is 26.5. The number of hydrogen-bond donors (Lipinski definition) is 1. The van der Waals surface area contributed by atoms with Crippen LogP contribution >= 0.6 is 0 Å². The number of esters is 1. The first-order valence-electron chi connectivity index (χ1n) is 9.23. The van der Waals surface area contributed by atoms with Crippen molar-refractivity contribution in [2.45, 2.75) is 13.8 Å². The van der Waals surface area contributed by atoms with Crippen LogP contribution in [-0.2, 0) is 9.53 Å². The van der Waals surface area contributed by atoms with E-state index in [0.29, 0.717) is 16.9 Å². The molecule has 7 nitrogen and oxygen atoms in total. The molecule has 1 aromatic heterocycles. The fraction of sp³-hybridized carbons (Fsp3) is 0.227. The number of nitrogens with one attached hydrogen (secondary N) is 1. The van der Waals surface area contributed by atoms with Crippen LogP contribution in [0.25, 0.3) is 5.69 Å². The molecule has 0 radical (unpaired) electrons. The Hall–Kier alpha value is -3.61. The van der Waals surface area contributed by atoms with Gasteiger partial charge in [0.25, 0.3) is 5.91 Å². The van der Waals surface area contributed by atoms with Gasteiger partial charge in [-0.05, 0) is 44.2 Å². The molecule has 0 aliphatic rings. The van der Waals surface area contributed by atoms with Crippen LogP contribution in [0.5, 0.6) is 0 Å². The Labute approximate surface area is 169 Å². The molecule has 1 heterocycles. The molecule has 0 saturated carbocycles. The number of benzene rings is 2. The van der Waals surface area contributed by atoms with Crippen molar-refractivity contribution in [2.24, 2.45) is 0 Å². The summed E-state index contributed by atoms with van der Waals surface area (Å²) < 4.78 is 6.94. The van der Waals surface area contributed by atoms with Gasteiger partial charge in [0.15, 0.2) is 6.61 Å². The maximum atomic E-state index is 12.3. The molecule has 29 heavy (non-hydrogen) atoms. The normalized spacial score (nSPS) is 10.5. The molecule has 0 aliphatic heterocycles. The lowest BCUT2D eigenvalue weighted by Gasteiger charge is -2.13. The predicted octanol–water partition coefficient (Wildman–Crippen LogP) is 3.35. The van der Waals surface area contributed by atoms with Crippen molar-refractivity contribution in [3.05, 3.63) is 71.5 Å². The van der Waals surface area contributed by atoms with Gasteiger partial charge in [0.1, 0.15) is 0 Å². The molecule has 3 aromatic rings. The Morgan fingerprint density at radius 1 is 1.07 bits per heavy atom. The Balaban J connectivity index is 1.65. The highest BCUT2D eigenvalue weighted by molar-refractivity contribution is 5.96. The van der Waals surface area contributed by atoms with Gasteiger partial charge >= 0.3 is 5.97 Å². The SMILES string of the molecule is Cc1nn(-c2ccccc2)c(C)c1NC(=O)COC(=O)c1cccc(N(C)C)c1. The molecule has 7 heteroatoms. The highest BCUT2D eigenvalue weighted by atomic mass is 16.5. The highest BCUT2D eigenvalue weighted by Gasteiger charge is 2.17. The molecule has 3 rings (SSSR count). The number of hydrogen-bond acceptors (Lipinski definition) is 5. The zero-order valence-electron chi connectivity index (χ0n) is 17.0. The number of aromatic nitrogens is 2. The van der Waals surface area contributed by atoms with E-state index in [1.165, 1.54) is 0 Å². The lowest BCUT2D eigenvalue weighted by Crippen LogP contribution is -2.21. The molecular weight excluding hydrogens is 368 g/mol. The molecule has 0 aliphatic carbocycles. The number of nitrogens with zero attached hydrogens (tertiary/aromatic N) is 3. The van der Waals surface area contributed by atoms with Gasteiger partial charge in [-0.25, -0.2) is 9.48 Å². The second kappa shape index (κ2) is 8.60. The van der Waals surface area contributed by atoms with Crippen LogP contribution in [-0.4, -0.2) is 42.4 Å². The summed E-state index contributed by atoms with van der Waals surface area (Å²) in [5.41, 5.74) is 4.28. The number of amides is 1. The third-order valence-electron chi connectivity index (χ3n) is 4.49. The van der Waals surface area contributed by atoms with Crippen molar-refractivity contribution in [1.82, 2.24) is 9.78 Å². The second-order valence-electron chi connectivity index (χ2n) is 6.86. The van der Waals surface area contributed by atoms with Crippen LogP contribution in [0.1, 0.15) is 21.7 Å². The van der Waals surface area contributed by atoms with Crippen LogP contribution in [0.15, 0.2) is 54.6 Å². The Morgan fingerprint density at radius 2 is 1.79 bits per heavy atom. The number of rotatable bonds is 6. The summed E-state index contributed by atoms with van der Waals surface area (Å²) in [7, 11) is 3.77. The monoisotopic (exact) mass is 392 g/mol. The molecule has 0 bridgehead atoms. The average Bonchev–Trinajstić information content (AvgIpc) is 3.01. The number of para-hydroxylation sites is 1. The summed E-state index contributed by atoms with van der Waals surface area (Å²) in [6.07, 6.45) is 0. The molecule has 0 fully saturated rings. The topological polar surface area (TPSA) is 76.5 Å². The van der Waals surface area contributed by atoms with Crippen molar-refractivity contribution in [2.75, 3.05) is 30.9 Å². The Bertz CT molecular complexity index is 1030. The first kappa shape index (κ1) is 20.1. The fourth-order valence-corrected chi connectivity index (χ4v) is 2.95. The van der Waals surface area contributed by atoms with Gasteiger partial charge in [0, 0.05) is 19.8 Å². The maximum Gasteiger partial charge on any atom is 0.338 e. The minimum Gasteiger partial charge on any atom is -0.452 e. The van der Waals surface area contributed by atoms with Crippen LogP contribution in [0.4, 0.5) is 11.4 Å². The summed E-state index contributed by atoms with van der Waals surface area (Å²) in [5.74, 6) is -0.960. The maximum absolute atomic E-state index is 12.3. The number of ether oxygens (including phenoxy) is 1. The molecule has 1 amide bonds. The van der Waals surface area contributed by atoms with E-state index in [-0.39, 0.29) is 6.61 Å². The molecule has 0 atom stereocenters. The van der Waals surface area contributed by atoms with E-state index in [9.17, 15) is 9.59 Å². The van der Waals surface area contributed by atoms with E-state index in [0.717, 1.165) is 17.1 Å². The first-order valence-corrected chi connectivity index (χ1v) is 9.23. The minimum atomic E-state index is -0.544. The quantitative estimate of drug-likeness (QED) is 0.651. The van der Waals surface area contributed by atoms with E-state index < -0.39 is 11.9 Å².